The van der Waals surface area contributed by atoms with Crippen molar-refractivity contribution >= 4 is 10.8 Å². The van der Waals surface area contributed by atoms with Gasteiger partial charge >= 0.3 is 0 Å². The van der Waals surface area contributed by atoms with Crippen LogP contribution in [-0.2, 0) is 5.54 Å². The topological polar surface area (TPSA) is 55.5 Å². The third-order valence-electron chi connectivity index (χ3n) is 5.76. The largest absolute Gasteiger partial charge is 0.490 e. The molecule has 2 fully saturated rings. The van der Waals surface area contributed by atoms with Crippen molar-refractivity contribution in [3.63, 3.8) is 0 Å². The Labute approximate surface area is 137 Å². The highest BCUT2D eigenvalue weighted by molar-refractivity contribution is 5.84. The summed E-state index contributed by atoms with van der Waals surface area (Å²) >= 11 is 0. The van der Waals surface area contributed by atoms with Crippen LogP contribution < -0.4 is 10.5 Å². The van der Waals surface area contributed by atoms with Crippen LogP contribution in [0.1, 0.15) is 38.2 Å². The first-order chi connectivity index (χ1) is 11.0. The summed E-state index contributed by atoms with van der Waals surface area (Å²) < 4.78 is 6.27. The Kier molecular flexibility index (Phi) is 3.58. The number of aliphatic hydroxyl groups is 1. The molecule has 0 heterocycles. The molecule has 0 amide bonds. The van der Waals surface area contributed by atoms with Crippen LogP contribution in [0.25, 0.3) is 10.8 Å². The lowest BCUT2D eigenvalue weighted by Crippen LogP contribution is -2.36. The second-order valence-corrected chi connectivity index (χ2v) is 7.63. The van der Waals surface area contributed by atoms with E-state index in [4.69, 9.17) is 10.5 Å². The van der Waals surface area contributed by atoms with E-state index in [9.17, 15) is 5.11 Å². The molecule has 4 rings (SSSR count). The van der Waals surface area contributed by atoms with Crippen molar-refractivity contribution in [2.75, 3.05) is 6.61 Å². The smallest absolute Gasteiger partial charge is 0.120 e. The monoisotopic (exact) mass is 311 g/mol. The zero-order valence-electron chi connectivity index (χ0n) is 13.7. The summed E-state index contributed by atoms with van der Waals surface area (Å²) in [5.41, 5.74) is 6.38. The van der Waals surface area contributed by atoms with Gasteiger partial charge in [-0.3, -0.25) is 0 Å². The second-order valence-electron chi connectivity index (χ2n) is 7.63. The Balaban J connectivity index is 1.58. The lowest BCUT2D eigenvalue weighted by atomic mass is 9.92. The maximum atomic E-state index is 9.43. The van der Waals surface area contributed by atoms with E-state index >= 15 is 0 Å². The van der Waals surface area contributed by atoms with Gasteiger partial charge in [-0.25, -0.2) is 0 Å². The molecule has 0 radical (unpaired) electrons. The van der Waals surface area contributed by atoms with E-state index in [0.717, 1.165) is 33.9 Å². The Hall–Kier alpha value is -1.58. The molecule has 122 valence electrons. The van der Waals surface area contributed by atoms with E-state index in [0.29, 0.717) is 6.10 Å². The zero-order chi connectivity index (χ0) is 16.0. The van der Waals surface area contributed by atoms with Gasteiger partial charge in [-0.2, -0.15) is 0 Å². The van der Waals surface area contributed by atoms with Crippen LogP contribution in [0, 0.1) is 11.8 Å². The van der Waals surface area contributed by atoms with Crippen LogP contribution in [0.3, 0.4) is 0 Å². The molecular weight excluding hydrogens is 286 g/mol. The quantitative estimate of drug-likeness (QED) is 0.907. The molecule has 3 N–H and O–H groups in total. The first kappa shape index (κ1) is 15.0. The van der Waals surface area contributed by atoms with Gasteiger partial charge in [-0.15, -0.1) is 0 Å². The number of hydrogen-bond acceptors (Lipinski definition) is 3. The van der Waals surface area contributed by atoms with Gasteiger partial charge in [0.15, 0.2) is 0 Å². The van der Waals surface area contributed by atoms with Crippen LogP contribution in [0.2, 0.25) is 0 Å². The Bertz CT molecular complexity index is 725. The average molecular weight is 311 g/mol. The van der Waals surface area contributed by atoms with Crippen molar-refractivity contribution in [2.45, 2.75) is 44.2 Å². The van der Waals surface area contributed by atoms with Crippen LogP contribution in [0.4, 0.5) is 0 Å². The molecule has 2 aromatic rings. The number of benzene rings is 2. The minimum Gasteiger partial charge on any atom is -0.490 e. The van der Waals surface area contributed by atoms with Crippen LogP contribution in [0.5, 0.6) is 5.75 Å². The van der Waals surface area contributed by atoms with Gasteiger partial charge in [0.05, 0.1) is 12.1 Å². The van der Waals surface area contributed by atoms with Crippen molar-refractivity contribution in [1.82, 2.24) is 0 Å². The summed E-state index contributed by atoms with van der Waals surface area (Å²) in [6.45, 7) is 1.78. The maximum Gasteiger partial charge on any atom is 0.120 e. The average Bonchev–Trinajstić information content (AvgIpc) is 3.17. The summed E-state index contributed by atoms with van der Waals surface area (Å²) in [7, 11) is 0. The summed E-state index contributed by atoms with van der Waals surface area (Å²) in [6, 6.07) is 12.4. The summed E-state index contributed by atoms with van der Waals surface area (Å²) in [5.74, 6) is 2.63. The van der Waals surface area contributed by atoms with Gasteiger partial charge in [0.2, 0.25) is 0 Å². The van der Waals surface area contributed by atoms with E-state index in [1.54, 1.807) is 0 Å². The fraction of sp³-hybridized carbons (Fsp3) is 0.500. The molecule has 23 heavy (non-hydrogen) atoms. The molecule has 2 aliphatic carbocycles. The van der Waals surface area contributed by atoms with Crippen molar-refractivity contribution in [3.05, 3.63) is 42.0 Å². The lowest BCUT2D eigenvalue weighted by molar-refractivity contribution is 0.138. The predicted octanol–water partition coefficient (Wildman–Crippen LogP) is 3.57. The molecule has 2 aromatic carbocycles. The van der Waals surface area contributed by atoms with E-state index in [1.807, 2.05) is 13.0 Å². The summed E-state index contributed by atoms with van der Waals surface area (Å²) in [6.07, 6.45) is 5.73. The van der Waals surface area contributed by atoms with Gasteiger partial charge in [0.25, 0.3) is 0 Å². The first-order valence-corrected chi connectivity index (χ1v) is 8.66. The molecule has 3 nitrogen and oxygen atoms in total. The minimum atomic E-state index is -0.702. The molecule has 2 bridgehead atoms. The van der Waals surface area contributed by atoms with Gasteiger partial charge in [0.1, 0.15) is 11.9 Å². The zero-order valence-corrected chi connectivity index (χ0v) is 13.7. The van der Waals surface area contributed by atoms with Gasteiger partial charge < -0.3 is 15.6 Å². The molecule has 0 spiro atoms. The van der Waals surface area contributed by atoms with Gasteiger partial charge in [-0.05, 0) is 79.0 Å². The van der Waals surface area contributed by atoms with Gasteiger partial charge in [-0.1, -0.05) is 18.2 Å². The van der Waals surface area contributed by atoms with E-state index in [1.165, 1.54) is 25.7 Å². The fourth-order valence-electron chi connectivity index (χ4n) is 4.25. The highest BCUT2D eigenvalue weighted by atomic mass is 16.5. The fourth-order valence-corrected chi connectivity index (χ4v) is 4.25. The highest BCUT2D eigenvalue weighted by Crippen LogP contribution is 2.46. The molecule has 2 aliphatic rings. The predicted molar refractivity (Wildman–Crippen MR) is 92.4 cm³/mol. The number of nitrogens with two attached hydrogens (primary N) is 1. The number of ether oxygens (including phenoxy) is 1. The normalized spacial score (nSPS) is 28.9. The lowest BCUT2D eigenvalue weighted by Gasteiger charge is -2.24. The molecule has 0 saturated heterocycles. The van der Waals surface area contributed by atoms with Crippen LogP contribution >= 0.6 is 0 Å². The van der Waals surface area contributed by atoms with E-state index < -0.39 is 5.54 Å². The molecular formula is C20H25NO2. The molecule has 2 saturated carbocycles. The molecule has 0 unspecified atom stereocenters. The van der Waals surface area contributed by atoms with Gasteiger partial charge in [0, 0.05) is 0 Å². The number of fused-ring (bicyclic) bond motifs is 3. The minimum absolute atomic E-state index is 0.0655. The van der Waals surface area contributed by atoms with Crippen LogP contribution in [0.15, 0.2) is 36.4 Å². The molecule has 3 heteroatoms. The number of hydrogen-bond donors (Lipinski definition) is 2. The molecule has 0 aliphatic heterocycles. The van der Waals surface area contributed by atoms with Crippen molar-refractivity contribution in [2.24, 2.45) is 17.6 Å². The summed E-state index contributed by atoms with van der Waals surface area (Å²) in [5, 5.41) is 11.7. The Morgan fingerprint density at radius 1 is 1.13 bits per heavy atom. The third-order valence-corrected chi connectivity index (χ3v) is 5.76. The second kappa shape index (κ2) is 5.50. The van der Waals surface area contributed by atoms with Crippen molar-refractivity contribution in [1.29, 1.82) is 0 Å². The molecule has 0 aromatic heterocycles. The summed E-state index contributed by atoms with van der Waals surface area (Å²) in [4.78, 5) is 0. The number of rotatable bonds is 4. The number of aliphatic hydroxyl groups excluding tert-OH is 1. The first-order valence-electron chi connectivity index (χ1n) is 8.66. The standard InChI is InChI=1S/C20H25NO2/c1-20(21,12-22)17-6-4-15-11-18(7-5-14(15)10-17)23-19-9-13-2-3-16(19)8-13/h4-7,10-11,13,16,19,22H,2-3,8-9,12,21H2,1H3/t13-,16-,19-,20+/m1/s1. The Morgan fingerprint density at radius 3 is 2.61 bits per heavy atom. The van der Waals surface area contributed by atoms with Crippen molar-refractivity contribution < 1.29 is 9.84 Å². The Morgan fingerprint density at radius 2 is 1.91 bits per heavy atom. The SMILES string of the molecule is C[C@](N)(CO)c1ccc2cc(O[C@@H]3C[C@@H]4CC[C@@H]3C4)ccc2c1. The van der Waals surface area contributed by atoms with Crippen molar-refractivity contribution in [3.8, 4) is 5.75 Å². The molecule has 4 atom stereocenters. The van der Waals surface area contributed by atoms with E-state index in [-0.39, 0.29) is 6.61 Å². The maximum absolute atomic E-state index is 9.43. The third kappa shape index (κ3) is 2.73. The van der Waals surface area contributed by atoms with E-state index in [2.05, 4.69) is 30.3 Å². The van der Waals surface area contributed by atoms with Crippen LogP contribution in [-0.4, -0.2) is 17.8 Å². The highest BCUT2D eigenvalue weighted by Gasteiger charge is 2.40.